The summed E-state index contributed by atoms with van der Waals surface area (Å²) < 4.78 is 5.28. The van der Waals surface area contributed by atoms with Crippen molar-refractivity contribution in [3.05, 3.63) is 24.3 Å². The Bertz CT molecular complexity index is 495. The highest BCUT2D eigenvalue weighted by Crippen LogP contribution is 2.22. The van der Waals surface area contributed by atoms with Crippen molar-refractivity contribution in [1.29, 1.82) is 0 Å². The van der Waals surface area contributed by atoms with Crippen LogP contribution in [0.4, 0.5) is 5.69 Å². The SMILES string of the molecule is COc1ccccc1NC(N)=NCCCN1CCCC(C)C1.I. The fraction of sp³-hybridized carbons (Fsp3) is 0.588. The van der Waals surface area contributed by atoms with E-state index < -0.39 is 0 Å². The first-order chi connectivity index (χ1) is 10.7. The fourth-order valence-corrected chi connectivity index (χ4v) is 2.91. The number of methoxy groups -OCH3 is 1. The van der Waals surface area contributed by atoms with Gasteiger partial charge in [0.25, 0.3) is 0 Å². The van der Waals surface area contributed by atoms with Crippen LogP contribution in [0.2, 0.25) is 0 Å². The van der Waals surface area contributed by atoms with E-state index in [9.17, 15) is 0 Å². The molecule has 0 radical (unpaired) electrons. The van der Waals surface area contributed by atoms with E-state index in [-0.39, 0.29) is 24.0 Å². The van der Waals surface area contributed by atoms with Crippen LogP contribution in [-0.4, -0.2) is 44.1 Å². The van der Waals surface area contributed by atoms with Crippen LogP contribution in [0.15, 0.2) is 29.3 Å². The number of hydrogen-bond donors (Lipinski definition) is 2. The summed E-state index contributed by atoms with van der Waals surface area (Å²) in [7, 11) is 1.65. The number of hydrogen-bond acceptors (Lipinski definition) is 3. The molecule has 1 aliphatic heterocycles. The van der Waals surface area contributed by atoms with Gasteiger partial charge in [-0.2, -0.15) is 0 Å². The van der Waals surface area contributed by atoms with E-state index in [0.29, 0.717) is 5.96 Å². The molecule has 23 heavy (non-hydrogen) atoms. The molecule has 1 aromatic rings. The van der Waals surface area contributed by atoms with Crippen LogP contribution in [0.5, 0.6) is 5.75 Å². The number of para-hydroxylation sites is 2. The van der Waals surface area contributed by atoms with Crippen molar-refractivity contribution >= 4 is 35.6 Å². The Morgan fingerprint density at radius 3 is 2.96 bits per heavy atom. The number of benzene rings is 1. The molecule has 0 aromatic heterocycles. The number of halogens is 1. The molecule has 1 fully saturated rings. The van der Waals surface area contributed by atoms with Gasteiger partial charge in [0.05, 0.1) is 12.8 Å². The summed E-state index contributed by atoms with van der Waals surface area (Å²) in [6.07, 6.45) is 3.73. The molecule has 1 aliphatic rings. The molecule has 1 saturated heterocycles. The summed E-state index contributed by atoms with van der Waals surface area (Å²) in [5.74, 6) is 2.04. The van der Waals surface area contributed by atoms with E-state index in [0.717, 1.165) is 36.9 Å². The highest BCUT2D eigenvalue weighted by molar-refractivity contribution is 14.0. The van der Waals surface area contributed by atoms with Crippen LogP contribution in [0.25, 0.3) is 0 Å². The van der Waals surface area contributed by atoms with Crippen LogP contribution >= 0.6 is 24.0 Å². The number of aliphatic imine (C=N–C) groups is 1. The van der Waals surface area contributed by atoms with Gasteiger partial charge in [0.15, 0.2) is 5.96 Å². The zero-order valence-electron chi connectivity index (χ0n) is 14.1. The van der Waals surface area contributed by atoms with Crippen LogP contribution in [0, 0.1) is 5.92 Å². The van der Waals surface area contributed by atoms with Gasteiger partial charge in [-0.05, 0) is 50.4 Å². The summed E-state index contributed by atoms with van der Waals surface area (Å²) in [5.41, 5.74) is 6.78. The van der Waals surface area contributed by atoms with Gasteiger partial charge in [0, 0.05) is 13.1 Å². The van der Waals surface area contributed by atoms with Crippen molar-refractivity contribution in [2.75, 3.05) is 38.6 Å². The van der Waals surface area contributed by atoms with Gasteiger partial charge >= 0.3 is 0 Å². The molecule has 2 rings (SSSR count). The van der Waals surface area contributed by atoms with Gasteiger partial charge in [-0.3, -0.25) is 4.99 Å². The molecule has 0 amide bonds. The van der Waals surface area contributed by atoms with E-state index in [1.165, 1.54) is 25.9 Å². The minimum atomic E-state index is 0. The highest BCUT2D eigenvalue weighted by Gasteiger charge is 2.15. The second-order valence-electron chi connectivity index (χ2n) is 5.99. The van der Waals surface area contributed by atoms with E-state index in [1.54, 1.807) is 7.11 Å². The first-order valence-corrected chi connectivity index (χ1v) is 8.11. The summed E-state index contributed by atoms with van der Waals surface area (Å²) in [6, 6.07) is 7.69. The molecule has 1 atom stereocenters. The first-order valence-electron chi connectivity index (χ1n) is 8.11. The molecular weight excluding hydrogens is 403 g/mol. The molecule has 1 heterocycles. The Balaban J connectivity index is 0.00000264. The molecule has 0 saturated carbocycles. The molecule has 5 nitrogen and oxygen atoms in total. The number of nitrogens with zero attached hydrogens (tertiary/aromatic N) is 2. The van der Waals surface area contributed by atoms with E-state index in [1.807, 2.05) is 24.3 Å². The zero-order valence-corrected chi connectivity index (χ0v) is 16.5. The fourth-order valence-electron chi connectivity index (χ4n) is 2.91. The van der Waals surface area contributed by atoms with E-state index >= 15 is 0 Å². The molecule has 0 bridgehead atoms. The minimum Gasteiger partial charge on any atom is -0.495 e. The number of guanidine groups is 1. The lowest BCUT2D eigenvalue weighted by Crippen LogP contribution is -2.35. The molecule has 0 spiro atoms. The van der Waals surface area contributed by atoms with Gasteiger partial charge in [0.2, 0.25) is 0 Å². The largest absolute Gasteiger partial charge is 0.495 e. The van der Waals surface area contributed by atoms with Gasteiger partial charge in [-0.1, -0.05) is 19.1 Å². The maximum atomic E-state index is 5.94. The third-order valence-corrected chi connectivity index (χ3v) is 4.03. The zero-order chi connectivity index (χ0) is 15.8. The smallest absolute Gasteiger partial charge is 0.193 e. The van der Waals surface area contributed by atoms with Crippen molar-refractivity contribution in [3.63, 3.8) is 0 Å². The number of rotatable bonds is 6. The van der Waals surface area contributed by atoms with Crippen LogP contribution in [-0.2, 0) is 0 Å². The summed E-state index contributed by atoms with van der Waals surface area (Å²) in [6.45, 7) is 6.63. The number of nitrogens with one attached hydrogen (secondary N) is 1. The van der Waals surface area contributed by atoms with Crippen molar-refractivity contribution in [2.24, 2.45) is 16.6 Å². The Morgan fingerprint density at radius 2 is 2.22 bits per heavy atom. The van der Waals surface area contributed by atoms with Crippen LogP contribution < -0.4 is 15.8 Å². The third kappa shape index (κ3) is 6.95. The predicted octanol–water partition coefficient (Wildman–Crippen LogP) is 3.16. The Hall–Kier alpha value is -1.02. The minimum absolute atomic E-state index is 0. The number of anilines is 1. The Kier molecular flexibility index (Phi) is 9.31. The second-order valence-corrected chi connectivity index (χ2v) is 5.99. The maximum Gasteiger partial charge on any atom is 0.193 e. The summed E-state index contributed by atoms with van der Waals surface area (Å²) in [4.78, 5) is 6.93. The molecule has 1 unspecified atom stereocenters. The Morgan fingerprint density at radius 1 is 1.43 bits per heavy atom. The van der Waals surface area contributed by atoms with Crippen molar-refractivity contribution < 1.29 is 4.74 Å². The number of ether oxygens (including phenoxy) is 1. The van der Waals surface area contributed by atoms with Gasteiger partial charge in [-0.15, -0.1) is 24.0 Å². The lowest BCUT2D eigenvalue weighted by Gasteiger charge is -2.30. The lowest BCUT2D eigenvalue weighted by atomic mass is 10.0. The average molecular weight is 432 g/mol. The second kappa shape index (κ2) is 10.7. The van der Waals surface area contributed by atoms with E-state index in [4.69, 9.17) is 10.5 Å². The third-order valence-electron chi connectivity index (χ3n) is 4.03. The normalized spacial score (nSPS) is 19.0. The van der Waals surface area contributed by atoms with Crippen LogP contribution in [0.3, 0.4) is 0 Å². The molecular formula is C17H29IN4O. The quantitative estimate of drug-likeness (QED) is 0.314. The molecule has 3 N–H and O–H groups in total. The number of nitrogens with two attached hydrogens (primary N) is 1. The summed E-state index contributed by atoms with van der Waals surface area (Å²) >= 11 is 0. The lowest BCUT2D eigenvalue weighted by molar-refractivity contribution is 0.183. The molecule has 6 heteroatoms. The monoisotopic (exact) mass is 432 g/mol. The molecule has 130 valence electrons. The molecule has 0 aliphatic carbocycles. The molecule has 1 aromatic carbocycles. The van der Waals surface area contributed by atoms with Crippen molar-refractivity contribution in [3.8, 4) is 5.75 Å². The van der Waals surface area contributed by atoms with Crippen LogP contribution in [0.1, 0.15) is 26.2 Å². The van der Waals surface area contributed by atoms with E-state index in [2.05, 4.69) is 22.1 Å². The van der Waals surface area contributed by atoms with Gasteiger partial charge < -0.3 is 20.7 Å². The van der Waals surface area contributed by atoms with Crippen molar-refractivity contribution in [2.45, 2.75) is 26.2 Å². The predicted molar refractivity (Wildman–Crippen MR) is 108 cm³/mol. The average Bonchev–Trinajstić information content (AvgIpc) is 2.52. The number of likely N-dealkylation sites (tertiary alicyclic amines) is 1. The topological polar surface area (TPSA) is 62.9 Å². The van der Waals surface area contributed by atoms with Gasteiger partial charge in [-0.25, -0.2) is 0 Å². The Labute approximate surface area is 156 Å². The van der Waals surface area contributed by atoms with Crippen molar-refractivity contribution in [1.82, 2.24) is 4.90 Å². The first kappa shape index (κ1) is 20.0. The van der Waals surface area contributed by atoms with Gasteiger partial charge in [0.1, 0.15) is 5.75 Å². The highest BCUT2D eigenvalue weighted by atomic mass is 127. The maximum absolute atomic E-state index is 5.94. The number of piperidine rings is 1. The standard InChI is InChI=1S/C17H28N4O.HI/c1-14-7-5-11-21(13-14)12-6-10-19-17(18)20-15-8-3-4-9-16(15)22-2;/h3-4,8-9,14H,5-7,10-13H2,1-2H3,(H3,18,19,20);1H. The summed E-state index contributed by atoms with van der Waals surface area (Å²) in [5, 5.41) is 3.10.